The fourth-order valence-electron chi connectivity index (χ4n) is 2.19. The Bertz CT molecular complexity index is 257. The molecule has 0 spiro atoms. The second-order valence-corrected chi connectivity index (χ2v) is 5.32. The van der Waals surface area contributed by atoms with Gasteiger partial charge in [0.25, 0.3) is 0 Å². The highest BCUT2D eigenvalue weighted by Gasteiger charge is 2.19. The summed E-state index contributed by atoms with van der Waals surface area (Å²) >= 11 is 0. The van der Waals surface area contributed by atoms with Gasteiger partial charge in [0.2, 0.25) is 0 Å². The standard InChI is InChI=1S/C16H30O5/c1-2-3-7-18-8-9-19-10-11-20-12-13-21-16-6-4-5-15(17)14-16/h16H,2-14H2,1H3. The maximum Gasteiger partial charge on any atom is 0.135 e. The third-order valence-electron chi connectivity index (χ3n) is 3.40. The summed E-state index contributed by atoms with van der Waals surface area (Å²) in [7, 11) is 0. The van der Waals surface area contributed by atoms with Crippen molar-refractivity contribution < 1.29 is 23.7 Å². The summed E-state index contributed by atoms with van der Waals surface area (Å²) in [6.45, 7) is 6.50. The van der Waals surface area contributed by atoms with Crippen LogP contribution in [-0.4, -0.2) is 58.1 Å². The Morgan fingerprint density at radius 3 is 2.19 bits per heavy atom. The summed E-state index contributed by atoms with van der Waals surface area (Å²) in [5.41, 5.74) is 0. The molecule has 1 unspecified atom stereocenters. The van der Waals surface area contributed by atoms with E-state index in [1.807, 2.05) is 0 Å². The molecule has 0 amide bonds. The molecular weight excluding hydrogens is 272 g/mol. The lowest BCUT2D eigenvalue weighted by Crippen LogP contribution is -2.24. The molecule has 0 heterocycles. The Kier molecular flexibility index (Phi) is 11.7. The zero-order chi connectivity index (χ0) is 15.2. The molecule has 0 aromatic rings. The van der Waals surface area contributed by atoms with Gasteiger partial charge in [0.05, 0.1) is 45.7 Å². The average molecular weight is 302 g/mol. The van der Waals surface area contributed by atoms with Crippen molar-refractivity contribution in [2.75, 3.05) is 46.2 Å². The van der Waals surface area contributed by atoms with E-state index in [9.17, 15) is 4.79 Å². The number of unbranched alkanes of at least 4 members (excludes halogenated alkanes) is 1. The SMILES string of the molecule is CCCCOCCOCCOCCOC1CCCC(=O)C1. The number of ether oxygens (including phenoxy) is 4. The van der Waals surface area contributed by atoms with Crippen LogP contribution < -0.4 is 0 Å². The van der Waals surface area contributed by atoms with E-state index in [1.165, 1.54) is 0 Å². The van der Waals surface area contributed by atoms with Gasteiger partial charge in [-0.15, -0.1) is 0 Å². The van der Waals surface area contributed by atoms with Gasteiger partial charge in [-0.2, -0.15) is 0 Å². The Balaban J connectivity index is 1.75. The number of hydrogen-bond acceptors (Lipinski definition) is 5. The Morgan fingerprint density at radius 2 is 1.57 bits per heavy atom. The number of rotatable bonds is 13. The third kappa shape index (κ3) is 10.8. The van der Waals surface area contributed by atoms with Gasteiger partial charge in [-0.25, -0.2) is 0 Å². The van der Waals surface area contributed by atoms with Crippen LogP contribution in [0.25, 0.3) is 0 Å². The largest absolute Gasteiger partial charge is 0.379 e. The molecule has 1 aliphatic rings. The Labute approximate surface area is 128 Å². The first-order valence-electron chi connectivity index (χ1n) is 8.19. The molecule has 21 heavy (non-hydrogen) atoms. The second-order valence-electron chi connectivity index (χ2n) is 5.32. The van der Waals surface area contributed by atoms with E-state index >= 15 is 0 Å². The monoisotopic (exact) mass is 302 g/mol. The summed E-state index contributed by atoms with van der Waals surface area (Å²) in [5.74, 6) is 0.321. The molecule has 0 aromatic heterocycles. The van der Waals surface area contributed by atoms with Crippen LogP contribution in [0.1, 0.15) is 45.4 Å². The van der Waals surface area contributed by atoms with Crippen LogP contribution in [0.4, 0.5) is 0 Å². The normalized spacial score (nSPS) is 19.1. The molecule has 1 rings (SSSR count). The minimum atomic E-state index is 0.103. The van der Waals surface area contributed by atoms with Crippen LogP contribution in [0.5, 0.6) is 0 Å². The maximum absolute atomic E-state index is 11.3. The molecule has 0 saturated heterocycles. The minimum absolute atomic E-state index is 0.103. The van der Waals surface area contributed by atoms with E-state index in [2.05, 4.69) is 6.92 Å². The number of carbonyl (C=O) groups is 1. The number of carbonyl (C=O) groups excluding carboxylic acids is 1. The van der Waals surface area contributed by atoms with Crippen LogP contribution in [0, 0.1) is 0 Å². The Morgan fingerprint density at radius 1 is 0.952 bits per heavy atom. The lowest BCUT2D eigenvalue weighted by Gasteiger charge is -2.21. The van der Waals surface area contributed by atoms with E-state index in [-0.39, 0.29) is 6.10 Å². The van der Waals surface area contributed by atoms with E-state index < -0.39 is 0 Å². The quantitative estimate of drug-likeness (QED) is 0.489. The molecule has 0 aromatic carbocycles. The van der Waals surface area contributed by atoms with Gasteiger partial charge in [0.1, 0.15) is 5.78 Å². The molecule has 1 saturated carbocycles. The second kappa shape index (κ2) is 13.2. The molecule has 1 fully saturated rings. The van der Waals surface area contributed by atoms with Crippen molar-refractivity contribution in [3.05, 3.63) is 0 Å². The van der Waals surface area contributed by atoms with E-state index in [0.29, 0.717) is 51.8 Å². The zero-order valence-corrected chi connectivity index (χ0v) is 13.3. The maximum atomic E-state index is 11.3. The molecule has 5 nitrogen and oxygen atoms in total. The molecule has 124 valence electrons. The first-order chi connectivity index (χ1) is 10.3. The predicted octanol–water partition coefficient (Wildman–Crippen LogP) is 2.36. The van der Waals surface area contributed by atoms with Gasteiger partial charge < -0.3 is 18.9 Å². The van der Waals surface area contributed by atoms with E-state index in [0.717, 1.165) is 38.7 Å². The third-order valence-corrected chi connectivity index (χ3v) is 3.40. The van der Waals surface area contributed by atoms with Crippen molar-refractivity contribution in [1.29, 1.82) is 0 Å². The summed E-state index contributed by atoms with van der Waals surface area (Å²) in [6.07, 6.45) is 5.61. The van der Waals surface area contributed by atoms with Crippen LogP contribution >= 0.6 is 0 Å². The number of hydrogen-bond donors (Lipinski definition) is 0. The van der Waals surface area contributed by atoms with Crippen molar-refractivity contribution in [3.63, 3.8) is 0 Å². The van der Waals surface area contributed by atoms with Crippen LogP contribution in [-0.2, 0) is 23.7 Å². The van der Waals surface area contributed by atoms with Crippen LogP contribution in [0.15, 0.2) is 0 Å². The van der Waals surface area contributed by atoms with Crippen LogP contribution in [0.2, 0.25) is 0 Å². The Hall–Kier alpha value is -0.490. The van der Waals surface area contributed by atoms with Crippen molar-refractivity contribution in [2.24, 2.45) is 0 Å². The van der Waals surface area contributed by atoms with Gasteiger partial charge in [-0.3, -0.25) is 4.79 Å². The summed E-state index contributed by atoms with van der Waals surface area (Å²) in [6, 6.07) is 0. The first-order valence-corrected chi connectivity index (χ1v) is 8.19. The molecular formula is C16H30O5. The van der Waals surface area contributed by atoms with Gasteiger partial charge in [-0.1, -0.05) is 13.3 Å². The number of ketones is 1. The topological polar surface area (TPSA) is 54.0 Å². The van der Waals surface area contributed by atoms with E-state index in [1.54, 1.807) is 0 Å². The molecule has 1 atom stereocenters. The van der Waals surface area contributed by atoms with Crippen molar-refractivity contribution in [2.45, 2.75) is 51.6 Å². The van der Waals surface area contributed by atoms with Crippen molar-refractivity contribution in [1.82, 2.24) is 0 Å². The fourth-order valence-corrected chi connectivity index (χ4v) is 2.19. The zero-order valence-electron chi connectivity index (χ0n) is 13.3. The van der Waals surface area contributed by atoms with E-state index in [4.69, 9.17) is 18.9 Å². The number of Topliss-reactive ketones (excluding diaryl/α,β-unsaturated/α-hetero) is 1. The van der Waals surface area contributed by atoms with Crippen molar-refractivity contribution >= 4 is 5.78 Å². The van der Waals surface area contributed by atoms with Gasteiger partial charge in [0, 0.05) is 19.4 Å². The predicted molar refractivity (Wildman–Crippen MR) is 80.6 cm³/mol. The minimum Gasteiger partial charge on any atom is -0.379 e. The highest BCUT2D eigenvalue weighted by molar-refractivity contribution is 5.79. The summed E-state index contributed by atoms with van der Waals surface area (Å²) < 4.78 is 21.8. The first kappa shape index (κ1) is 18.6. The van der Waals surface area contributed by atoms with Gasteiger partial charge in [0.15, 0.2) is 0 Å². The fraction of sp³-hybridized carbons (Fsp3) is 0.938. The summed E-state index contributed by atoms with van der Waals surface area (Å²) in [5, 5.41) is 0. The molecule has 0 bridgehead atoms. The molecule has 0 radical (unpaired) electrons. The van der Waals surface area contributed by atoms with Gasteiger partial charge >= 0.3 is 0 Å². The van der Waals surface area contributed by atoms with Crippen molar-refractivity contribution in [3.8, 4) is 0 Å². The molecule has 5 heteroatoms. The highest BCUT2D eigenvalue weighted by atomic mass is 16.6. The summed E-state index contributed by atoms with van der Waals surface area (Å²) in [4.78, 5) is 11.3. The highest BCUT2D eigenvalue weighted by Crippen LogP contribution is 2.17. The van der Waals surface area contributed by atoms with Crippen LogP contribution in [0.3, 0.4) is 0 Å². The molecule has 0 N–H and O–H groups in total. The lowest BCUT2D eigenvalue weighted by molar-refractivity contribution is -0.125. The molecule has 1 aliphatic carbocycles. The molecule has 0 aliphatic heterocycles. The lowest BCUT2D eigenvalue weighted by atomic mass is 9.96. The average Bonchev–Trinajstić information content (AvgIpc) is 2.48. The van der Waals surface area contributed by atoms with Gasteiger partial charge in [-0.05, 0) is 19.3 Å². The smallest absolute Gasteiger partial charge is 0.135 e.